The minimum Gasteiger partial charge on any atom is -0.328 e. The van der Waals surface area contributed by atoms with E-state index in [1.54, 1.807) is 18.7 Å². The summed E-state index contributed by atoms with van der Waals surface area (Å²) < 4.78 is 4.24. The summed E-state index contributed by atoms with van der Waals surface area (Å²) in [7, 11) is 3.34. The van der Waals surface area contributed by atoms with Gasteiger partial charge in [0.1, 0.15) is 5.78 Å². The first-order valence-electron chi connectivity index (χ1n) is 7.60. The van der Waals surface area contributed by atoms with Crippen LogP contribution in [-0.2, 0) is 25.4 Å². The number of Topliss-reactive ketones (excluding diaryl/α,β-unsaturated/α-hetero) is 1. The maximum atomic E-state index is 12.4. The molecule has 0 aromatic carbocycles. The van der Waals surface area contributed by atoms with Gasteiger partial charge in [-0.3, -0.25) is 18.7 Å². The molecule has 7 nitrogen and oxygen atoms in total. The van der Waals surface area contributed by atoms with Gasteiger partial charge in [0.15, 0.2) is 11.2 Å². The molecule has 0 atom stereocenters. The first-order valence-corrected chi connectivity index (χ1v) is 7.60. The van der Waals surface area contributed by atoms with Gasteiger partial charge in [0, 0.05) is 33.5 Å². The number of imidazole rings is 1. The largest absolute Gasteiger partial charge is 0.332 e. The highest BCUT2D eigenvalue weighted by Crippen LogP contribution is 2.05. The van der Waals surface area contributed by atoms with E-state index in [1.165, 1.54) is 15.5 Å². The molecule has 0 bridgehead atoms. The maximum absolute atomic E-state index is 12.4. The average Bonchev–Trinajstić information content (AvgIpc) is 2.86. The number of hydrogen-bond acceptors (Lipinski definition) is 4. The molecule has 0 saturated carbocycles. The van der Waals surface area contributed by atoms with Crippen LogP contribution in [0.5, 0.6) is 0 Å². The molecule has 0 fully saturated rings. The molecular weight excluding hydrogens is 284 g/mol. The Labute approximate surface area is 128 Å². The number of aryl methyl sites for hydroxylation is 2. The van der Waals surface area contributed by atoms with Crippen molar-refractivity contribution in [3.63, 3.8) is 0 Å². The molecule has 0 N–H and O–H groups in total. The zero-order valence-electron chi connectivity index (χ0n) is 13.3. The second-order valence-corrected chi connectivity index (χ2v) is 5.57. The van der Waals surface area contributed by atoms with Crippen molar-refractivity contribution in [3.8, 4) is 0 Å². The molecule has 0 saturated heterocycles. The Morgan fingerprint density at radius 2 is 1.91 bits per heavy atom. The number of carbonyl (C=O) groups is 1. The van der Waals surface area contributed by atoms with E-state index < -0.39 is 0 Å². The van der Waals surface area contributed by atoms with Crippen molar-refractivity contribution in [2.75, 3.05) is 0 Å². The van der Waals surface area contributed by atoms with E-state index in [2.05, 4.69) is 4.98 Å². The molecule has 0 aliphatic carbocycles. The number of aromatic nitrogens is 4. The van der Waals surface area contributed by atoms with Crippen LogP contribution in [-0.4, -0.2) is 24.5 Å². The lowest BCUT2D eigenvalue weighted by Gasteiger charge is -2.08. The molecule has 120 valence electrons. The molecule has 0 spiro atoms. The van der Waals surface area contributed by atoms with Gasteiger partial charge in [-0.25, -0.2) is 9.78 Å². The number of carbonyl (C=O) groups excluding carboxylic acids is 1. The fourth-order valence-corrected chi connectivity index (χ4v) is 2.59. The van der Waals surface area contributed by atoms with Gasteiger partial charge < -0.3 is 4.57 Å². The molecule has 2 aromatic rings. The minimum absolute atomic E-state index is 0.241. The zero-order chi connectivity index (χ0) is 16.3. The van der Waals surface area contributed by atoms with Crippen molar-refractivity contribution in [1.29, 1.82) is 0 Å². The number of nitrogens with zero attached hydrogens (tertiary/aromatic N) is 4. The third-order valence-corrected chi connectivity index (χ3v) is 3.82. The Morgan fingerprint density at radius 1 is 1.18 bits per heavy atom. The maximum Gasteiger partial charge on any atom is 0.332 e. The van der Waals surface area contributed by atoms with Gasteiger partial charge in [0.05, 0.1) is 6.33 Å². The smallest absolute Gasteiger partial charge is 0.328 e. The molecule has 0 aliphatic rings. The van der Waals surface area contributed by atoms with Gasteiger partial charge in [0.25, 0.3) is 5.56 Å². The van der Waals surface area contributed by atoms with Gasteiger partial charge in [-0.15, -0.1) is 0 Å². The van der Waals surface area contributed by atoms with Crippen molar-refractivity contribution >= 4 is 16.9 Å². The Morgan fingerprint density at radius 3 is 2.59 bits per heavy atom. The average molecular weight is 306 g/mol. The second kappa shape index (κ2) is 6.72. The van der Waals surface area contributed by atoms with Crippen molar-refractivity contribution in [2.45, 2.75) is 45.6 Å². The molecule has 0 amide bonds. The summed E-state index contributed by atoms with van der Waals surface area (Å²) in [6.45, 7) is 2.30. The predicted octanol–water partition coefficient (Wildman–Crippen LogP) is 0.973. The number of hydrogen-bond donors (Lipinski definition) is 0. The minimum atomic E-state index is -0.365. The summed E-state index contributed by atoms with van der Waals surface area (Å²) >= 11 is 0. The Hall–Kier alpha value is -2.18. The molecular formula is C15H22N4O3. The van der Waals surface area contributed by atoms with Gasteiger partial charge in [-0.1, -0.05) is 6.92 Å². The van der Waals surface area contributed by atoms with Crippen molar-refractivity contribution in [1.82, 2.24) is 18.7 Å². The molecule has 22 heavy (non-hydrogen) atoms. The fourth-order valence-electron chi connectivity index (χ4n) is 2.59. The quantitative estimate of drug-likeness (QED) is 0.714. The van der Waals surface area contributed by atoms with Crippen LogP contribution in [0.3, 0.4) is 0 Å². The summed E-state index contributed by atoms with van der Waals surface area (Å²) in [5, 5.41) is 0. The molecule has 0 radical (unpaired) electrons. The topological polar surface area (TPSA) is 78.9 Å². The molecule has 0 aliphatic heterocycles. The van der Waals surface area contributed by atoms with Crippen LogP contribution in [0, 0.1) is 0 Å². The van der Waals surface area contributed by atoms with E-state index in [1.807, 2.05) is 6.92 Å². The third kappa shape index (κ3) is 3.03. The lowest BCUT2D eigenvalue weighted by atomic mass is 10.1. The van der Waals surface area contributed by atoms with Crippen LogP contribution >= 0.6 is 0 Å². The highest BCUT2D eigenvalue weighted by Gasteiger charge is 2.14. The second-order valence-electron chi connectivity index (χ2n) is 5.57. The first-order chi connectivity index (χ1) is 10.5. The number of rotatable bonds is 7. The van der Waals surface area contributed by atoms with Gasteiger partial charge in [-0.05, 0) is 19.3 Å². The monoisotopic (exact) mass is 306 g/mol. The van der Waals surface area contributed by atoms with Crippen LogP contribution in [0.2, 0.25) is 0 Å². The SMILES string of the molecule is CCCC(=O)CCCCn1c(=O)c2c(ncn2C)n(C)c1=O. The fraction of sp³-hybridized carbons (Fsp3) is 0.600. The van der Waals surface area contributed by atoms with Crippen molar-refractivity contribution < 1.29 is 4.79 Å². The molecule has 2 aromatic heterocycles. The first kappa shape index (κ1) is 16.2. The van der Waals surface area contributed by atoms with Gasteiger partial charge in [-0.2, -0.15) is 0 Å². The van der Waals surface area contributed by atoms with E-state index in [4.69, 9.17) is 0 Å². The Kier molecular flexibility index (Phi) is 4.95. The third-order valence-electron chi connectivity index (χ3n) is 3.82. The highest BCUT2D eigenvalue weighted by atomic mass is 16.2. The van der Waals surface area contributed by atoms with E-state index >= 15 is 0 Å². The molecule has 2 rings (SSSR count). The van der Waals surface area contributed by atoms with E-state index in [-0.39, 0.29) is 17.0 Å². The van der Waals surface area contributed by atoms with E-state index in [0.29, 0.717) is 43.4 Å². The highest BCUT2D eigenvalue weighted by molar-refractivity contribution is 5.78. The number of unbranched alkanes of at least 4 members (excludes halogenated alkanes) is 1. The van der Waals surface area contributed by atoms with Crippen molar-refractivity contribution in [2.24, 2.45) is 14.1 Å². The summed E-state index contributed by atoms with van der Waals surface area (Å²) in [5.41, 5.74) is 0.130. The summed E-state index contributed by atoms with van der Waals surface area (Å²) in [5.74, 6) is 0.241. The number of ketones is 1. The Bertz CT molecular complexity index is 797. The van der Waals surface area contributed by atoms with Crippen LogP contribution in [0.15, 0.2) is 15.9 Å². The van der Waals surface area contributed by atoms with E-state index in [0.717, 1.165) is 6.42 Å². The van der Waals surface area contributed by atoms with Crippen LogP contribution in [0.25, 0.3) is 11.2 Å². The van der Waals surface area contributed by atoms with Gasteiger partial charge >= 0.3 is 5.69 Å². The Balaban J connectivity index is 2.18. The molecule has 0 unspecified atom stereocenters. The normalized spacial score (nSPS) is 11.2. The zero-order valence-corrected chi connectivity index (χ0v) is 13.3. The van der Waals surface area contributed by atoms with E-state index in [9.17, 15) is 14.4 Å². The lowest BCUT2D eigenvalue weighted by molar-refractivity contribution is -0.119. The molecule has 2 heterocycles. The van der Waals surface area contributed by atoms with Crippen LogP contribution in [0.4, 0.5) is 0 Å². The van der Waals surface area contributed by atoms with Crippen LogP contribution < -0.4 is 11.2 Å². The lowest BCUT2D eigenvalue weighted by Crippen LogP contribution is -2.39. The van der Waals surface area contributed by atoms with Crippen molar-refractivity contribution in [3.05, 3.63) is 27.2 Å². The number of fused-ring (bicyclic) bond motifs is 1. The van der Waals surface area contributed by atoms with Crippen LogP contribution in [0.1, 0.15) is 39.0 Å². The standard InChI is InChI=1S/C15H22N4O3/c1-4-7-11(20)8-5-6-9-19-14(21)12-13(16-10-17(12)2)18(3)15(19)22/h10H,4-9H2,1-3H3. The van der Waals surface area contributed by atoms with Gasteiger partial charge in [0.2, 0.25) is 0 Å². The summed E-state index contributed by atoms with van der Waals surface area (Å²) in [6.07, 6.45) is 4.82. The summed E-state index contributed by atoms with van der Waals surface area (Å²) in [6, 6.07) is 0. The summed E-state index contributed by atoms with van der Waals surface area (Å²) in [4.78, 5) is 40.3. The predicted molar refractivity (Wildman–Crippen MR) is 84.0 cm³/mol. The molecule has 7 heteroatoms.